The van der Waals surface area contributed by atoms with E-state index in [-0.39, 0.29) is 11.8 Å². The first kappa shape index (κ1) is 11.9. The van der Waals surface area contributed by atoms with Gasteiger partial charge in [0.1, 0.15) is 0 Å². The van der Waals surface area contributed by atoms with Crippen LogP contribution in [0.25, 0.3) is 0 Å². The quantitative estimate of drug-likeness (QED) is 0.747. The number of amides is 1. The molecule has 1 saturated carbocycles. The third kappa shape index (κ3) is 2.24. The molecule has 0 aromatic carbocycles. The lowest BCUT2D eigenvalue weighted by molar-refractivity contribution is -0.126. The van der Waals surface area contributed by atoms with Crippen molar-refractivity contribution in [3.8, 4) is 0 Å². The summed E-state index contributed by atoms with van der Waals surface area (Å²) in [6.07, 6.45) is 3.40. The van der Waals surface area contributed by atoms with E-state index in [0.29, 0.717) is 18.0 Å². The van der Waals surface area contributed by atoms with Gasteiger partial charge in [-0.1, -0.05) is 13.8 Å². The van der Waals surface area contributed by atoms with Crippen molar-refractivity contribution in [1.29, 1.82) is 0 Å². The molecule has 2 N–H and O–H groups in total. The normalized spacial score (nSPS) is 43.6. The number of nitrogens with one attached hydrogen (secondary N) is 2. The Morgan fingerprint density at radius 1 is 1.19 bits per heavy atom. The molecule has 2 rings (SSSR count). The molecule has 1 aliphatic heterocycles. The summed E-state index contributed by atoms with van der Waals surface area (Å²) in [5, 5.41) is 6.59. The summed E-state index contributed by atoms with van der Waals surface area (Å²) in [5.41, 5.74) is 0. The second-order valence-electron chi connectivity index (χ2n) is 5.67. The maximum atomic E-state index is 12.1. The number of carbonyl (C=O) groups is 1. The van der Waals surface area contributed by atoms with Crippen LogP contribution >= 0.6 is 0 Å². The van der Waals surface area contributed by atoms with Crippen LogP contribution in [0.3, 0.4) is 0 Å². The summed E-state index contributed by atoms with van der Waals surface area (Å²) in [6, 6.07) is 0.754. The zero-order valence-electron chi connectivity index (χ0n) is 10.6. The highest BCUT2D eigenvalue weighted by Crippen LogP contribution is 2.31. The van der Waals surface area contributed by atoms with Gasteiger partial charge in [0.05, 0.1) is 5.92 Å². The summed E-state index contributed by atoms with van der Waals surface area (Å²) >= 11 is 0. The molecule has 1 saturated heterocycles. The van der Waals surface area contributed by atoms with E-state index in [4.69, 9.17) is 0 Å². The first-order chi connectivity index (χ1) is 7.59. The molecular weight excluding hydrogens is 200 g/mol. The highest BCUT2D eigenvalue weighted by molar-refractivity contribution is 5.80. The van der Waals surface area contributed by atoms with E-state index in [1.54, 1.807) is 0 Å². The van der Waals surface area contributed by atoms with Gasteiger partial charge in [-0.15, -0.1) is 0 Å². The Kier molecular flexibility index (Phi) is 3.53. The predicted molar refractivity (Wildman–Crippen MR) is 65.1 cm³/mol. The van der Waals surface area contributed by atoms with Crippen LogP contribution in [0.5, 0.6) is 0 Å². The van der Waals surface area contributed by atoms with E-state index in [1.165, 1.54) is 6.42 Å². The minimum atomic E-state index is 0.183. The minimum absolute atomic E-state index is 0.183. The smallest absolute Gasteiger partial charge is 0.224 e. The zero-order valence-corrected chi connectivity index (χ0v) is 10.6. The highest BCUT2D eigenvalue weighted by Gasteiger charge is 2.35. The third-order valence-corrected chi connectivity index (χ3v) is 4.65. The van der Waals surface area contributed by atoms with Crippen molar-refractivity contribution >= 4 is 5.91 Å². The van der Waals surface area contributed by atoms with Gasteiger partial charge >= 0.3 is 0 Å². The number of hydrogen-bond acceptors (Lipinski definition) is 2. The SMILES string of the molecule is CC1CCC(NC(=O)C2CCNC2C)C1C. The van der Waals surface area contributed by atoms with Crippen molar-refractivity contribution in [1.82, 2.24) is 10.6 Å². The molecule has 0 spiro atoms. The first-order valence-corrected chi connectivity index (χ1v) is 6.63. The molecule has 0 aromatic heterocycles. The molecule has 0 radical (unpaired) electrons. The topological polar surface area (TPSA) is 41.1 Å². The Labute approximate surface area is 98.4 Å². The largest absolute Gasteiger partial charge is 0.353 e. The van der Waals surface area contributed by atoms with E-state index >= 15 is 0 Å². The monoisotopic (exact) mass is 224 g/mol. The van der Waals surface area contributed by atoms with Crippen LogP contribution < -0.4 is 10.6 Å². The fourth-order valence-electron chi connectivity index (χ4n) is 3.08. The summed E-state index contributed by atoms with van der Waals surface area (Å²) < 4.78 is 0. The van der Waals surface area contributed by atoms with Gasteiger partial charge in [-0.05, 0) is 44.6 Å². The molecule has 5 atom stereocenters. The second kappa shape index (κ2) is 4.74. The summed E-state index contributed by atoms with van der Waals surface area (Å²) in [7, 11) is 0. The van der Waals surface area contributed by atoms with Gasteiger partial charge in [0, 0.05) is 12.1 Å². The Bertz CT molecular complexity index is 267. The molecule has 1 amide bonds. The maximum absolute atomic E-state index is 12.1. The van der Waals surface area contributed by atoms with Crippen LogP contribution in [-0.2, 0) is 4.79 Å². The van der Waals surface area contributed by atoms with Gasteiger partial charge in [0.15, 0.2) is 0 Å². The molecule has 2 fully saturated rings. The van der Waals surface area contributed by atoms with Crippen LogP contribution in [0.15, 0.2) is 0 Å². The molecule has 0 bridgehead atoms. The number of rotatable bonds is 2. The lowest BCUT2D eigenvalue weighted by atomic mass is 9.96. The fraction of sp³-hybridized carbons (Fsp3) is 0.923. The van der Waals surface area contributed by atoms with Gasteiger partial charge in [0.2, 0.25) is 5.91 Å². The van der Waals surface area contributed by atoms with Crippen LogP contribution in [0.1, 0.15) is 40.0 Å². The van der Waals surface area contributed by atoms with Crippen molar-refractivity contribution in [2.75, 3.05) is 6.54 Å². The van der Waals surface area contributed by atoms with E-state index in [2.05, 4.69) is 31.4 Å². The Morgan fingerprint density at radius 2 is 1.94 bits per heavy atom. The van der Waals surface area contributed by atoms with Crippen LogP contribution in [0, 0.1) is 17.8 Å². The average molecular weight is 224 g/mol. The van der Waals surface area contributed by atoms with E-state index in [9.17, 15) is 4.79 Å². The van der Waals surface area contributed by atoms with E-state index in [0.717, 1.165) is 25.3 Å². The second-order valence-corrected chi connectivity index (χ2v) is 5.67. The van der Waals surface area contributed by atoms with Crippen molar-refractivity contribution in [3.63, 3.8) is 0 Å². The Hall–Kier alpha value is -0.570. The minimum Gasteiger partial charge on any atom is -0.353 e. The highest BCUT2D eigenvalue weighted by atomic mass is 16.2. The van der Waals surface area contributed by atoms with Crippen molar-refractivity contribution in [3.05, 3.63) is 0 Å². The molecule has 0 aromatic rings. The first-order valence-electron chi connectivity index (χ1n) is 6.63. The molecule has 3 nitrogen and oxygen atoms in total. The summed E-state index contributed by atoms with van der Waals surface area (Å²) in [6.45, 7) is 7.64. The fourth-order valence-corrected chi connectivity index (χ4v) is 3.08. The number of carbonyl (C=O) groups excluding carboxylic acids is 1. The van der Waals surface area contributed by atoms with Crippen molar-refractivity contribution in [2.24, 2.45) is 17.8 Å². The molecule has 1 aliphatic carbocycles. The lowest BCUT2D eigenvalue weighted by Crippen LogP contribution is -2.43. The Morgan fingerprint density at radius 3 is 2.44 bits per heavy atom. The molecule has 5 unspecified atom stereocenters. The van der Waals surface area contributed by atoms with Crippen LogP contribution in [0.2, 0.25) is 0 Å². The Balaban J connectivity index is 1.87. The van der Waals surface area contributed by atoms with Gasteiger partial charge in [-0.2, -0.15) is 0 Å². The van der Waals surface area contributed by atoms with E-state index < -0.39 is 0 Å². The maximum Gasteiger partial charge on any atom is 0.224 e. The average Bonchev–Trinajstić information content (AvgIpc) is 2.79. The third-order valence-electron chi connectivity index (χ3n) is 4.65. The van der Waals surface area contributed by atoms with Gasteiger partial charge in [0.25, 0.3) is 0 Å². The molecule has 3 heteroatoms. The molecule has 2 aliphatic rings. The van der Waals surface area contributed by atoms with Crippen molar-refractivity contribution in [2.45, 2.75) is 52.1 Å². The molecule has 92 valence electrons. The molecular formula is C13H24N2O. The number of hydrogen-bond donors (Lipinski definition) is 2. The predicted octanol–water partition coefficient (Wildman–Crippen LogP) is 1.54. The van der Waals surface area contributed by atoms with Crippen LogP contribution in [0.4, 0.5) is 0 Å². The molecule has 16 heavy (non-hydrogen) atoms. The van der Waals surface area contributed by atoms with Crippen molar-refractivity contribution < 1.29 is 4.79 Å². The summed E-state index contributed by atoms with van der Waals surface area (Å²) in [5.74, 6) is 1.84. The van der Waals surface area contributed by atoms with Gasteiger partial charge < -0.3 is 10.6 Å². The van der Waals surface area contributed by atoms with Crippen LogP contribution in [-0.4, -0.2) is 24.5 Å². The van der Waals surface area contributed by atoms with Gasteiger partial charge in [-0.25, -0.2) is 0 Å². The van der Waals surface area contributed by atoms with E-state index in [1.807, 2.05) is 0 Å². The zero-order chi connectivity index (χ0) is 11.7. The molecule has 1 heterocycles. The lowest BCUT2D eigenvalue weighted by Gasteiger charge is -2.23. The van der Waals surface area contributed by atoms with Gasteiger partial charge in [-0.3, -0.25) is 4.79 Å². The standard InChI is InChI=1S/C13H24N2O/c1-8-4-5-12(9(8)2)15-13(16)11-6-7-14-10(11)3/h8-12,14H,4-7H2,1-3H3,(H,15,16). The summed E-state index contributed by atoms with van der Waals surface area (Å²) in [4.78, 5) is 12.1.